The standard InChI is InChI=1S/C12H16ClFN2/c13-11-6-9(7-14)3-4-12(11)16-8-10-2-1-5-15-10/h3-4,6,10,15-16H,1-2,5,7-8H2. The molecule has 1 aliphatic heterocycles. The van der Waals surface area contributed by atoms with E-state index in [2.05, 4.69) is 10.6 Å². The molecule has 2 rings (SSSR count). The summed E-state index contributed by atoms with van der Waals surface area (Å²) in [5.74, 6) is 0. The Bertz CT molecular complexity index is 351. The largest absolute Gasteiger partial charge is 0.382 e. The van der Waals surface area contributed by atoms with Crippen LogP contribution in [-0.2, 0) is 6.67 Å². The topological polar surface area (TPSA) is 24.1 Å². The number of rotatable bonds is 4. The van der Waals surface area contributed by atoms with Gasteiger partial charge in [-0.3, -0.25) is 0 Å². The van der Waals surface area contributed by atoms with E-state index in [1.54, 1.807) is 12.1 Å². The van der Waals surface area contributed by atoms with Crippen molar-refractivity contribution in [2.24, 2.45) is 0 Å². The molecule has 88 valence electrons. The zero-order chi connectivity index (χ0) is 11.4. The highest BCUT2D eigenvalue weighted by atomic mass is 35.5. The Hall–Kier alpha value is -0.800. The van der Waals surface area contributed by atoms with Crippen LogP contribution in [-0.4, -0.2) is 19.1 Å². The van der Waals surface area contributed by atoms with Crippen LogP contribution in [0.4, 0.5) is 10.1 Å². The van der Waals surface area contributed by atoms with E-state index in [4.69, 9.17) is 11.6 Å². The predicted octanol–water partition coefficient (Wildman–Crippen LogP) is 2.97. The van der Waals surface area contributed by atoms with Crippen LogP contribution in [0.15, 0.2) is 18.2 Å². The molecule has 2 nitrogen and oxygen atoms in total. The van der Waals surface area contributed by atoms with Crippen LogP contribution in [0.25, 0.3) is 0 Å². The molecule has 1 heterocycles. The van der Waals surface area contributed by atoms with E-state index in [-0.39, 0.29) is 0 Å². The van der Waals surface area contributed by atoms with E-state index in [0.717, 1.165) is 18.8 Å². The molecule has 1 saturated heterocycles. The fourth-order valence-corrected chi connectivity index (χ4v) is 2.22. The normalized spacial score (nSPS) is 20.0. The third kappa shape index (κ3) is 2.86. The highest BCUT2D eigenvalue weighted by molar-refractivity contribution is 6.33. The van der Waals surface area contributed by atoms with Gasteiger partial charge in [0.15, 0.2) is 0 Å². The molecule has 2 N–H and O–H groups in total. The van der Waals surface area contributed by atoms with Crippen LogP contribution in [0.1, 0.15) is 18.4 Å². The van der Waals surface area contributed by atoms with Crippen LogP contribution in [0, 0.1) is 0 Å². The number of nitrogens with one attached hydrogen (secondary N) is 2. The quantitative estimate of drug-likeness (QED) is 0.848. The Morgan fingerprint density at radius 1 is 1.50 bits per heavy atom. The first-order chi connectivity index (χ1) is 7.79. The molecule has 1 aromatic rings. The van der Waals surface area contributed by atoms with Crippen molar-refractivity contribution in [3.8, 4) is 0 Å². The van der Waals surface area contributed by atoms with Crippen molar-refractivity contribution in [2.45, 2.75) is 25.6 Å². The molecular formula is C12H16ClFN2. The Labute approximate surface area is 100 Å². The van der Waals surface area contributed by atoms with Crippen molar-refractivity contribution in [3.05, 3.63) is 28.8 Å². The molecule has 1 atom stereocenters. The van der Waals surface area contributed by atoms with E-state index >= 15 is 0 Å². The summed E-state index contributed by atoms with van der Waals surface area (Å²) in [6, 6.07) is 5.80. The van der Waals surface area contributed by atoms with Gasteiger partial charge in [-0.1, -0.05) is 17.7 Å². The average molecular weight is 243 g/mol. The molecule has 0 saturated carbocycles. The van der Waals surface area contributed by atoms with Gasteiger partial charge in [0.1, 0.15) is 6.67 Å². The zero-order valence-corrected chi connectivity index (χ0v) is 9.86. The lowest BCUT2D eigenvalue weighted by molar-refractivity contribution is 0.485. The second-order valence-corrected chi connectivity index (χ2v) is 4.53. The minimum Gasteiger partial charge on any atom is -0.382 e. The van der Waals surface area contributed by atoms with Crippen LogP contribution in [0.5, 0.6) is 0 Å². The van der Waals surface area contributed by atoms with Crippen molar-refractivity contribution in [1.82, 2.24) is 5.32 Å². The smallest absolute Gasteiger partial charge is 0.115 e. The summed E-state index contributed by atoms with van der Waals surface area (Å²) >= 11 is 6.04. The van der Waals surface area contributed by atoms with Gasteiger partial charge >= 0.3 is 0 Å². The molecule has 0 radical (unpaired) electrons. The maximum absolute atomic E-state index is 12.4. The predicted molar refractivity (Wildman–Crippen MR) is 65.8 cm³/mol. The van der Waals surface area contributed by atoms with E-state index in [1.807, 2.05) is 6.07 Å². The average Bonchev–Trinajstić information content (AvgIpc) is 2.80. The van der Waals surface area contributed by atoms with Gasteiger partial charge in [0, 0.05) is 12.6 Å². The van der Waals surface area contributed by atoms with E-state index in [1.165, 1.54) is 12.8 Å². The Kier molecular flexibility index (Phi) is 4.02. The fraction of sp³-hybridized carbons (Fsp3) is 0.500. The summed E-state index contributed by atoms with van der Waals surface area (Å²) in [7, 11) is 0. The van der Waals surface area contributed by atoms with Crippen LogP contribution in [0.2, 0.25) is 5.02 Å². The van der Waals surface area contributed by atoms with Gasteiger partial charge in [0.25, 0.3) is 0 Å². The number of benzene rings is 1. The second-order valence-electron chi connectivity index (χ2n) is 4.12. The van der Waals surface area contributed by atoms with Crippen LogP contribution >= 0.6 is 11.6 Å². The minimum atomic E-state index is -0.468. The van der Waals surface area contributed by atoms with Gasteiger partial charge in [0.05, 0.1) is 10.7 Å². The SMILES string of the molecule is FCc1ccc(NCC2CCCN2)c(Cl)c1. The van der Waals surface area contributed by atoms with E-state index in [0.29, 0.717) is 16.6 Å². The summed E-state index contributed by atoms with van der Waals surface area (Å²) < 4.78 is 12.4. The maximum Gasteiger partial charge on any atom is 0.115 e. The van der Waals surface area contributed by atoms with Crippen molar-refractivity contribution in [3.63, 3.8) is 0 Å². The number of halogens is 2. The van der Waals surface area contributed by atoms with E-state index in [9.17, 15) is 4.39 Å². The van der Waals surface area contributed by atoms with Gasteiger partial charge in [-0.25, -0.2) is 4.39 Å². The molecule has 0 spiro atoms. The molecule has 0 bridgehead atoms. The van der Waals surface area contributed by atoms with Gasteiger partial charge in [-0.2, -0.15) is 0 Å². The Morgan fingerprint density at radius 2 is 2.38 bits per heavy atom. The summed E-state index contributed by atoms with van der Waals surface area (Å²) in [4.78, 5) is 0. The van der Waals surface area contributed by atoms with Gasteiger partial charge in [0.2, 0.25) is 0 Å². The van der Waals surface area contributed by atoms with Crippen molar-refractivity contribution in [2.75, 3.05) is 18.4 Å². The fourth-order valence-electron chi connectivity index (χ4n) is 1.95. The van der Waals surface area contributed by atoms with Crippen molar-refractivity contribution >= 4 is 17.3 Å². The highest BCUT2D eigenvalue weighted by Gasteiger charge is 2.13. The van der Waals surface area contributed by atoms with Gasteiger partial charge < -0.3 is 10.6 Å². The summed E-state index contributed by atoms with van der Waals surface area (Å²) in [6.07, 6.45) is 2.44. The molecule has 1 fully saturated rings. The zero-order valence-electron chi connectivity index (χ0n) is 9.10. The maximum atomic E-state index is 12.4. The Balaban J connectivity index is 1.93. The van der Waals surface area contributed by atoms with Crippen molar-refractivity contribution < 1.29 is 4.39 Å². The van der Waals surface area contributed by atoms with Crippen LogP contribution in [0.3, 0.4) is 0 Å². The summed E-state index contributed by atoms with van der Waals surface area (Å²) in [5.41, 5.74) is 1.50. The molecule has 1 aliphatic rings. The molecule has 4 heteroatoms. The lowest BCUT2D eigenvalue weighted by Gasteiger charge is -2.14. The van der Waals surface area contributed by atoms with Crippen LogP contribution < -0.4 is 10.6 Å². The number of hydrogen-bond donors (Lipinski definition) is 2. The number of anilines is 1. The van der Waals surface area contributed by atoms with Crippen molar-refractivity contribution in [1.29, 1.82) is 0 Å². The summed E-state index contributed by atoms with van der Waals surface area (Å²) in [6.45, 7) is 1.50. The Morgan fingerprint density at radius 3 is 3.00 bits per heavy atom. The minimum absolute atomic E-state index is 0.468. The molecule has 16 heavy (non-hydrogen) atoms. The summed E-state index contributed by atoms with van der Waals surface area (Å²) in [5, 5.41) is 7.28. The third-order valence-electron chi connectivity index (χ3n) is 2.89. The van der Waals surface area contributed by atoms with Gasteiger partial charge in [-0.05, 0) is 37.1 Å². The molecule has 0 aromatic heterocycles. The number of hydrogen-bond acceptors (Lipinski definition) is 2. The lowest BCUT2D eigenvalue weighted by atomic mass is 10.2. The van der Waals surface area contributed by atoms with Gasteiger partial charge in [-0.15, -0.1) is 0 Å². The first-order valence-corrected chi connectivity index (χ1v) is 5.99. The van der Waals surface area contributed by atoms with E-state index < -0.39 is 6.67 Å². The monoisotopic (exact) mass is 242 g/mol. The second kappa shape index (κ2) is 5.51. The third-order valence-corrected chi connectivity index (χ3v) is 3.20. The molecule has 1 unspecified atom stereocenters. The first-order valence-electron chi connectivity index (χ1n) is 5.61. The first kappa shape index (κ1) is 11.7. The molecule has 0 aliphatic carbocycles. The molecule has 0 amide bonds. The molecule has 1 aromatic carbocycles. The lowest BCUT2D eigenvalue weighted by Crippen LogP contribution is -2.29. The molecular weight excluding hydrogens is 227 g/mol. The highest BCUT2D eigenvalue weighted by Crippen LogP contribution is 2.23. The number of alkyl halides is 1.